The normalized spacial score (nSPS) is 20.1. The molecule has 0 aromatic rings. The maximum atomic E-state index is 8.51. The average molecular weight is 144 g/mol. The van der Waals surface area contributed by atoms with Gasteiger partial charge in [-0.05, 0) is 18.8 Å². The number of unbranched alkanes of at least 4 members (excludes halogenated alkanes) is 1. The number of hydrogen-bond donors (Lipinski definition) is 3. The van der Waals surface area contributed by atoms with Crippen molar-refractivity contribution in [1.82, 2.24) is 10.9 Å². The van der Waals surface area contributed by atoms with Crippen molar-refractivity contribution in [1.29, 1.82) is 0 Å². The van der Waals surface area contributed by atoms with Crippen LogP contribution in [0, 0.1) is 5.92 Å². The van der Waals surface area contributed by atoms with E-state index in [9.17, 15) is 0 Å². The summed E-state index contributed by atoms with van der Waals surface area (Å²) in [5, 5.41) is 8.51. The molecule has 0 aromatic heterocycles. The maximum absolute atomic E-state index is 8.51. The molecule has 0 spiro atoms. The molecule has 3 heteroatoms. The summed E-state index contributed by atoms with van der Waals surface area (Å²) in [5.74, 6) is 0.784. The van der Waals surface area contributed by atoms with Gasteiger partial charge in [0.25, 0.3) is 0 Å². The Bertz CT molecular complexity index is 81.7. The highest BCUT2D eigenvalue weighted by Gasteiger charge is 2.12. The molecule has 0 atom stereocenters. The fourth-order valence-corrected chi connectivity index (χ4v) is 1.25. The maximum Gasteiger partial charge on any atom is 0.0431 e. The first-order valence-electron chi connectivity index (χ1n) is 4.00. The summed E-state index contributed by atoms with van der Waals surface area (Å²) in [4.78, 5) is 0. The molecule has 1 saturated heterocycles. The Kier molecular flexibility index (Phi) is 3.72. The second kappa shape index (κ2) is 4.66. The van der Waals surface area contributed by atoms with Gasteiger partial charge in [-0.25, -0.2) is 0 Å². The van der Waals surface area contributed by atoms with Crippen LogP contribution in [0.25, 0.3) is 0 Å². The number of rotatable bonds is 4. The molecule has 10 heavy (non-hydrogen) atoms. The molecule has 0 aromatic carbocycles. The first kappa shape index (κ1) is 7.98. The molecule has 0 radical (unpaired) electrons. The molecule has 0 unspecified atom stereocenters. The van der Waals surface area contributed by atoms with Crippen molar-refractivity contribution in [2.45, 2.75) is 19.3 Å². The number of hydrazine groups is 1. The van der Waals surface area contributed by atoms with Gasteiger partial charge in [0.1, 0.15) is 0 Å². The van der Waals surface area contributed by atoms with Crippen LogP contribution in [0.2, 0.25) is 0 Å². The molecule has 0 aliphatic carbocycles. The Morgan fingerprint density at radius 3 is 2.50 bits per heavy atom. The Morgan fingerprint density at radius 2 is 1.90 bits per heavy atom. The van der Waals surface area contributed by atoms with Gasteiger partial charge >= 0.3 is 0 Å². The van der Waals surface area contributed by atoms with Crippen molar-refractivity contribution in [3.63, 3.8) is 0 Å². The van der Waals surface area contributed by atoms with E-state index in [1.54, 1.807) is 0 Å². The Morgan fingerprint density at radius 1 is 1.20 bits per heavy atom. The summed E-state index contributed by atoms with van der Waals surface area (Å²) in [6.45, 7) is 2.52. The Hall–Kier alpha value is -0.120. The highest BCUT2D eigenvalue weighted by molar-refractivity contribution is 4.68. The lowest BCUT2D eigenvalue weighted by atomic mass is 10.0. The summed E-state index contributed by atoms with van der Waals surface area (Å²) < 4.78 is 0. The molecular weight excluding hydrogens is 128 g/mol. The Labute approximate surface area is 61.8 Å². The fraction of sp³-hybridized carbons (Fsp3) is 1.00. The summed E-state index contributed by atoms with van der Waals surface area (Å²) in [6, 6.07) is 0. The highest BCUT2D eigenvalue weighted by Crippen LogP contribution is 2.08. The van der Waals surface area contributed by atoms with E-state index in [1.807, 2.05) is 0 Å². The van der Waals surface area contributed by atoms with E-state index in [1.165, 1.54) is 6.42 Å². The minimum Gasteiger partial charge on any atom is -0.396 e. The van der Waals surface area contributed by atoms with Gasteiger partial charge in [-0.1, -0.05) is 6.42 Å². The lowest BCUT2D eigenvalue weighted by Gasteiger charge is -2.04. The van der Waals surface area contributed by atoms with Gasteiger partial charge in [0, 0.05) is 19.7 Å². The lowest BCUT2D eigenvalue weighted by Crippen LogP contribution is -2.21. The van der Waals surface area contributed by atoms with E-state index >= 15 is 0 Å². The fourth-order valence-electron chi connectivity index (χ4n) is 1.25. The molecule has 1 fully saturated rings. The van der Waals surface area contributed by atoms with E-state index in [0.717, 1.165) is 31.8 Å². The first-order valence-corrected chi connectivity index (χ1v) is 4.00. The van der Waals surface area contributed by atoms with Gasteiger partial charge in [-0.3, -0.25) is 10.9 Å². The van der Waals surface area contributed by atoms with Gasteiger partial charge in [0.05, 0.1) is 0 Å². The molecule has 3 nitrogen and oxygen atoms in total. The van der Waals surface area contributed by atoms with Crippen molar-refractivity contribution in [3.05, 3.63) is 0 Å². The van der Waals surface area contributed by atoms with Crippen LogP contribution in [-0.4, -0.2) is 24.8 Å². The Balaban J connectivity index is 1.91. The summed E-state index contributed by atoms with van der Waals surface area (Å²) in [5.41, 5.74) is 6.17. The van der Waals surface area contributed by atoms with Crippen LogP contribution >= 0.6 is 0 Å². The number of aliphatic hydroxyl groups excluding tert-OH is 1. The van der Waals surface area contributed by atoms with E-state index < -0.39 is 0 Å². The third-order valence-corrected chi connectivity index (χ3v) is 1.93. The summed E-state index contributed by atoms with van der Waals surface area (Å²) in [7, 11) is 0. The SMILES string of the molecule is OCCCCC1CNNC1. The monoisotopic (exact) mass is 144 g/mol. The second-order valence-electron chi connectivity index (χ2n) is 2.85. The number of aliphatic hydroxyl groups is 1. The van der Waals surface area contributed by atoms with E-state index in [0.29, 0.717) is 6.61 Å². The van der Waals surface area contributed by atoms with E-state index in [2.05, 4.69) is 10.9 Å². The van der Waals surface area contributed by atoms with Crippen molar-refractivity contribution < 1.29 is 5.11 Å². The molecule has 0 bridgehead atoms. The first-order chi connectivity index (χ1) is 4.93. The molecular formula is C7H16N2O. The smallest absolute Gasteiger partial charge is 0.0431 e. The van der Waals surface area contributed by atoms with Gasteiger partial charge in [-0.2, -0.15) is 0 Å². The molecule has 3 N–H and O–H groups in total. The zero-order valence-electron chi connectivity index (χ0n) is 6.27. The standard InChI is InChI=1S/C7H16N2O/c10-4-2-1-3-7-5-8-9-6-7/h7-10H,1-6H2. The molecule has 1 aliphatic rings. The topological polar surface area (TPSA) is 44.3 Å². The molecule has 1 rings (SSSR count). The van der Waals surface area contributed by atoms with Gasteiger partial charge in [0.2, 0.25) is 0 Å². The minimum atomic E-state index is 0.341. The van der Waals surface area contributed by atoms with Crippen LogP contribution in [0.15, 0.2) is 0 Å². The van der Waals surface area contributed by atoms with Crippen LogP contribution in [-0.2, 0) is 0 Å². The van der Waals surface area contributed by atoms with Gasteiger partial charge in [0.15, 0.2) is 0 Å². The zero-order chi connectivity index (χ0) is 7.23. The molecule has 1 aliphatic heterocycles. The predicted molar refractivity (Wildman–Crippen MR) is 40.4 cm³/mol. The van der Waals surface area contributed by atoms with Gasteiger partial charge < -0.3 is 5.11 Å². The molecule has 1 heterocycles. The second-order valence-corrected chi connectivity index (χ2v) is 2.85. The highest BCUT2D eigenvalue weighted by atomic mass is 16.2. The van der Waals surface area contributed by atoms with Crippen molar-refractivity contribution in [2.75, 3.05) is 19.7 Å². The van der Waals surface area contributed by atoms with E-state index in [-0.39, 0.29) is 0 Å². The number of hydrogen-bond acceptors (Lipinski definition) is 3. The molecule has 60 valence electrons. The third-order valence-electron chi connectivity index (χ3n) is 1.93. The summed E-state index contributed by atoms with van der Waals surface area (Å²) >= 11 is 0. The molecule has 0 saturated carbocycles. The summed E-state index contributed by atoms with van der Waals surface area (Å²) in [6.07, 6.45) is 3.35. The third kappa shape index (κ3) is 2.64. The average Bonchev–Trinajstić information content (AvgIpc) is 2.41. The van der Waals surface area contributed by atoms with E-state index in [4.69, 9.17) is 5.11 Å². The largest absolute Gasteiger partial charge is 0.396 e. The van der Waals surface area contributed by atoms with Crippen molar-refractivity contribution in [2.24, 2.45) is 5.92 Å². The van der Waals surface area contributed by atoms with Crippen molar-refractivity contribution in [3.8, 4) is 0 Å². The predicted octanol–water partition coefficient (Wildman–Crippen LogP) is -0.127. The van der Waals surface area contributed by atoms with Crippen LogP contribution in [0.3, 0.4) is 0 Å². The quantitative estimate of drug-likeness (QED) is 0.482. The van der Waals surface area contributed by atoms with Crippen LogP contribution in [0.5, 0.6) is 0 Å². The lowest BCUT2D eigenvalue weighted by molar-refractivity contribution is 0.279. The molecule has 0 amide bonds. The number of nitrogens with one attached hydrogen (secondary N) is 2. The zero-order valence-corrected chi connectivity index (χ0v) is 6.27. The van der Waals surface area contributed by atoms with Crippen LogP contribution < -0.4 is 10.9 Å². The van der Waals surface area contributed by atoms with Gasteiger partial charge in [-0.15, -0.1) is 0 Å². The van der Waals surface area contributed by atoms with Crippen molar-refractivity contribution >= 4 is 0 Å². The minimum absolute atomic E-state index is 0.341. The van der Waals surface area contributed by atoms with Crippen LogP contribution in [0.1, 0.15) is 19.3 Å². The van der Waals surface area contributed by atoms with Crippen LogP contribution in [0.4, 0.5) is 0 Å².